The second-order valence-corrected chi connectivity index (χ2v) is 6.58. The van der Waals surface area contributed by atoms with Crippen LogP contribution in [0.4, 0.5) is 0 Å². The molecule has 5 rings (SSSR count). The van der Waals surface area contributed by atoms with Gasteiger partial charge in [0.1, 0.15) is 16.9 Å². The molecule has 5 aromatic rings. The standard InChI is InChI=1S/C21H17N7/c1-14-19-18(13-27(25-19)16-9-5-3-6-10-16)21(23-22-14)20-15(2)28(26-24-20)17-11-7-4-8-12-17/h3-13H,1-2H3. The van der Waals surface area contributed by atoms with Gasteiger partial charge in [-0.1, -0.05) is 41.6 Å². The molecule has 3 aromatic heterocycles. The van der Waals surface area contributed by atoms with E-state index in [0.29, 0.717) is 11.4 Å². The van der Waals surface area contributed by atoms with Crippen molar-refractivity contribution in [1.82, 2.24) is 35.0 Å². The first-order valence-corrected chi connectivity index (χ1v) is 8.98. The first-order chi connectivity index (χ1) is 13.7. The zero-order valence-corrected chi connectivity index (χ0v) is 15.5. The Bertz CT molecular complexity index is 1270. The minimum atomic E-state index is 0.683. The largest absolute Gasteiger partial charge is 0.240 e. The second kappa shape index (κ2) is 6.38. The number of aryl methyl sites for hydroxylation is 1. The van der Waals surface area contributed by atoms with Crippen LogP contribution in [0.25, 0.3) is 33.7 Å². The Kier molecular flexibility index (Phi) is 3.72. The van der Waals surface area contributed by atoms with E-state index in [-0.39, 0.29) is 0 Å². The van der Waals surface area contributed by atoms with Gasteiger partial charge in [-0.25, -0.2) is 9.36 Å². The number of hydrogen-bond donors (Lipinski definition) is 0. The average Bonchev–Trinajstić information content (AvgIpc) is 3.35. The highest BCUT2D eigenvalue weighted by Gasteiger charge is 2.19. The lowest BCUT2D eigenvalue weighted by Gasteiger charge is -2.03. The predicted octanol–water partition coefficient (Wildman–Crippen LogP) is 3.68. The summed E-state index contributed by atoms with van der Waals surface area (Å²) in [5, 5.41) is 23.1. The molecule has 0 fully saturated rings. The molecular formula is C21H17N7. The van der Waals surface area contributed by atoms with Gasteiger partial charge in [-0.3, -0.25) is 0 Å². The minimum Gasteiger partial charge on any atom is -0.240 e. The fraction of sp³-hybridized carbons (Fsp3) is 0.0952. The van der Waals surface area contributed by atoms with E-state index < -0.39 is 0 Å². The van der Waals surface area contributed by atoms with Crippen molar-refractivity contribution in [2.75, 3.05) is 0 Å². The maximum Gasteiger partial charge on any atom is 0.137 e. The molecule has 7 nitrogen and oxygen atoms in total. The van der Waals surface area contributed by atoms with Crippen molar-refractivity contribution >= 4 is 10.9 Å². The Morgan fingerprint density at radius 2 is 1.39 bits per heavy atom. The molecule has 0 aliphatic carbocycles. The van der Waals surface area contributed by atoms with Crippen LogP contribution >= 0.6 is 0 Å². The van der Waals surface area contributed by atoms with Gasteiger partial charge in [0.25, 0.3) is 0 Å². The highest BCUT2D eigenvalue weighted by atomic mass is 15.4. The number of rotatable bonds is 3. The fourth-order valence-electron chi connectivity index (χ4n) is 3.29. The highest BCUT2D eigenvalue weighted by Crippen LogP contribution is 2.29. The SMILES string of the molecule is Cc1nnc(-c2nnn(-c3ccccc3)c2C)c2cn(-c3ccccc3)nc12. The molecule has 0 amide bonds. The Morgan fingerprint density at radius 1 is 0.714 bits per heavy atom. The third kappa shape index (κ3) is 2.56. The predicted molar refractivity (Wildman–Crippen MR) is 106 cm³/mol. The first-order valence-electron chi connectivity index (χ1n) is 8.98. The molecule has 0 aliphatic rings. The summed E-state index contributed by atoms with van der Waals surface area (Å²) in [7, 11) is 0. The average molecular weight is 367 g/mol. The smallest absolute Gasteiger partial charge is 0.137 e. The summed E-state index contributed by atoms with van der Waals surface area (Å²) in [4.78, 5) is 0. The molecule has 2 aromatic carbocycles. The molecule has 136 valence electrons. The number of para-hydroxylation sites is 2. The van der Waals surface area contributed by atoms with Crippen LogP contribution in [0.2, 0.25) is 0 Å². The number of aromatic nitrogens is 7. The summed E-state index contributed by atoms with van der Waals surface area (Å²) in [6.07, 6.45) is 1.97. The van der Waals surface area contributed by atoms with Gasteiger partial charge in [0.15, 0.2) is 0 Å². The third-order valence-corrected chi connectivity index (χ3v) is 4.75. The van der Waals surface area contributed by atoms with Crippen LogP contribution in [0.1, 0.15) is 11.4 Å². The van der Waals surface area contributed by atoms with Gasteiger partial charge in [0, 0.05) is 6.20 Å². The van der Waals surface area contributed by atoms with E-state index in [1.165, 1.54) is 0 Å². The Morgan fingerprint density at radius 3 is 2.11 bits per heavy atom. The summed E-state index contributed by atoms with van der Waals surface area (Å²) in [6.45, 7) is 3.90. The summed E-state index contributed by atoms with van der Waals surface area (Å²) >= 11 is 0. The maximum absolute atomic E-state index is 4.72. The first kappa shape index (κ1) is 16.3. The van der Waals surface area contributed by atoms with Crippen molar-refractivity contribution in [1.29, 1.82) is 0 Å². The Balaban J connectivity index is 1.69. The van der Waals surface area contributed by atoms with Crippen LogP contribution in [0, 0.1) is 13.8 Å². The van der Waals surface area contributed by atoms with E-state index in [0.717, 1.165) is 33.7 Å². The summed E-state index contributed by atoms with van der Waals surface area (Å²) < 4.78 is 3.66. The van der Waals surface area contributed by atoms with Gasteiger partial charge >= 0.3 is 0 Å². The third-order valence-electron chi connectivity index (χ3n) is 4.75. The number of benzene rings is 2. The Hall–Kier alpha value is -3.87. The van der Waals surface area contributed by atoms with Gasteiger partial charge in [0.05, 0.1) is 28.1 Å². The van der Waals surface area contributed by atoms with Gasteiger partial charge in [-0.15, -0.1) is 10.2 Å². The van der Waals surface area contributed by atoms with Crippen LogP contribution in [0.5, 0.6) is 0 Å². The zero-order chi connectivity index (χ0) is 19.1. The summed E-state index contributed by atoms with van der Waals surface area (Å²) in [5.41, 5.74) is 5.81. The van der Waals surface area contributed by atoms with Crippen molar-refractivity contribution in [3.63, 3.8) is 0 Å². The van der Waals surface area contributed by atoms with E-state index in [2.05, 4.69) is 20.5 Å². The monoisotopic (exact) mass is 367 g/mol. The van der Waals surface area contributed by atoms with E-state index in [9.17, 15) is 0 Å². The molecule has 0 radical (unpaired) electrons. The summed E-state index contributed by atoms with van der Waals surface area (Å²) in [6, 6.07) is 19.9. The van der Waals surface area contributed by atoms with E-state index >= 15 is 0 Å². The number of nitrogens with zero attached hydrogens (tertiary/aromatic N) is 7. The van der Waals surface area contributed by atoms with Crippen molar-refractivity contribution in [3.05, 3.63) is 78.2 Å². The second-order valence-electron chi connectivity index (χ2n) is 6.58. The van der Waals surface area contributed by atoms with E-state index in [1.807, 2.05) is 90.1 Å². The molecule has 0 spiro atoms. The molecule has 28 heavy (non-hydrogen) atoms. The van der Waals surface area contributed by atoms with Crippen molar-refractivity contribution in [2.45, 2.75) is 13.8 Å². The lowest BCUT2D eigenvalue weighted by molar-refractivity contribution is 0.785. The normalized spacial score (nSPS) is 11.2. The van der Waals surface area contributed by atoms with E-state index in [1.54, 1.807) is 0 Å². The van der Waals surface area contributed by atoms with Crippen LogP contribution in [0.15, 0.2) is 66.9 Å². The van der Waals surface area contributed by atoms with Gasteiger partial charge < -0.3 is 0 Å². The molecule has 7 heteroatoms. The van der Waals surface area contributed by atoms with Crippen LogP contribution in [0.3, 0.4) is 0 Å². The van der Waals surface area contributed by atoms with Gasteiger partial charge in [-0.05, 0) is 38.1 Å². The van der Waals surface area contributed by atoms with Crippen molar-refractivity contribution < 1.29 is 0 Å². The van der Waals surface area contributed by atoms with Crippen molar-refractivity contribution in [2.24, 2.45) is 0 Å². The molecular weight excluding hydrogens is 350 g/mol. The maximum atomic E-state index is 4.72. The van der Waals surface area contributed by atoms with Gasteiger partial charge in [-0.2, -0.15) is 10.2 Å². The van der Waals surface area contributed by atoms with E-state index in [4.69, 9.17) is 5.10 Å². The molecule has 0 N–H and O–H groups in total. The van der Waals surface area contributed by atoms with Crippen LogP contribution < -0.4 is 0 Å². The summed E-state index contributed by atoms with van der Waals surface area (Å²) in [5.74, 6) is 0. The number of fused-ring (bicyclic) bond motifs is 1. The molecule has 0 atom stereocenters. The highest BCUT2D eigenvalue weighted by molar-refractivity contribution is 5.92. The van der Waals surface area contributed by atoms with Crippen LogP contribution in [-0.2, 0) is 0 Å². The molecule has 0 saturated heterocycles. The quantitative estimate of drug-likeness (QED) is 0.486. The number of hydrogen-bond acceptors (Lipinski definition) is 5. The molecule has 0 bridgehead atoms. The molecule has 0 saturated carbocycles. The molecule has 0 aliphatic heterocycles. The lowest BCUT2D eigenvalue weighted by Crippen LogP contribution is -1.99. The van der Waals surface area contributed by atoms with Crippen molar-refractivity contribution in [3.8, 4) is 22.8 Å². The zero-order valence-electron chi connectivity index (χ0n) is 15.5. The molecule has 0 unspecified atom stereocenters. The molecule has 3 heterocycles. The van der Waals surface area contributed by atoms with Gasteiger partial charge in [0.2, 0.25) is 0 Å². The fourth-order valence-corrected chi connectivity index (χ4v) is 3.29. The van der Waals surface area contributed by atoms with Crippen LogP contribution in [-0.4, -0.2) is 35.0 Å². The minimum absolute atomic E-state index is 0.683. The Labute approximate surface area is 161 Å². The topological polar surface area (TPSA) is 74.3 Å². The lowest BCUT2D eigenvalue weighted by atomic mass is 10.1.